The first-order chi connectivity index (χ1) is 7.46. The summed E-state index contributed by atoms with van der Waals surface area (Å²) in [5.74, 6) is -0.500. The van der Waals surface area contributed by atoms with Gasteiger partial charge in [0, 0.05) is 5.57 Å². The van der Waals surface area contributed by atoms with Gasteiger partial charge in [-0.25, -0.2) is 4.79 Å². The molecule has 0 unspecified atom stereocenters. The first kappa shape index (κ1) is 16.2. The van der Waals surface area contributed by atoms with E-state index in [1.807, 2.05) is 13.8 Å². The molecule has 0 aliphatic rings. The third kappa shape index (κ3) is 6.47. The Labute approximate surface area is 105 Å². The van der Waals surface area contributed by atoms with E-state index in [2.05, 4.69) is 27.4 Å². The van der Waals surface area contributed by atoms with Gasteiger partial charge in [-0.1, -0.05) is 41.2 Å². The van der Waals surface area contributed by atoms with Gasteiger partial charge < -0.3 is 0 Å². The van der Waals surface area contributed by atoms with Crippen molar-refractivity contribution in [1.29, 1.82) is 0 Å². The van der Waals surface area contributed by atoms with E-state index in [0.29, 0.717) is 11.7 Å². The van der Waals surface area contributed by atoms with E-state index in [9.17, 15) is 4.79 Å². The molecule has 0 aromatic heterocycles. The summed E-state index contributed by atoms with van der Waals surface area (Å²) in [6.45, 7) is 17.6. The number of carbonyl (C=O) groups excluding carboxylic acids is 1. The number of hydrogen-bond donors (Lipinski definition) is 0. The van der Waals surface area contributed by atoms with Crippen LogP contribution in [-0.4, -0.2) is 5.97 Å². The van der Waals surface area contributed by atoms with E-state index < -0.39 is 5.97 Å². The monoisotopic (exact) mass is 241 g/mol. The molecular weight excluding hydrogens is 216 g/mol. The lowest BCUT2D eigenvalue weighted by Gasteiger charge is -2.32. The minimum atomic E-state index is -0.500. The van der Waals surface area contributed by atoms with E-state index in [-0.39, 0.29) is 10.8 Å². The molecule has 3 nitrogen and oxygen atoms in total. The lowest BCUT2D eigenvalue weighted by molar-refractivity contribution is -0.260. The standard InChI is InChI=1S/C14H25O3/c1-10(2)16-17-12(15)11(3)14(7,8)9-13(4,5)6/h3,9H2,1-2,4-8H3. The smallest absolute Gasteiger partial charge is 0.293 e. The van der Waals surface area contributed by atoms with Crippen molar-refractivity contribution in [2.75, 3.05) is 0 Å². The van der Waals surface area contributed by atoms with Gasteiger partial charge in [0.1, 0.15) is 6.10 Å². The van der Waals surface area contributed by atoms with Crippen LogP contribution < -0.4 is 0 Å². The van der Waals surface area contributed by atoms with Crippen molar-refractivity contribution in [3.05, 3.63) is 18.3 Å². The van der Waals surface area contributed by atoms with Crippen LogP contribution in [0.4, 0.5) is 0 Å². The summed E-state index contributed by atoms with van der Waals surface area (Å²) in [5, 5.41) is 0. The van der Waals surface area contributed by atoms with Crippen molar-refractivity contribution in [3.8, 4) is 0 Å². The van der Waals surface area contributed by atoms with E-state index in [4.69, 9.17) is 9.78 Å². The average Bonchev–Trinajstić information content (AvgIpc) is 2.08. The van der Waals surface area contributed by atoms with Crippen LogP contribution in [0, 0.1) is 16.9 Å². The predicted octanol–water partition coefficient (Wildman–Crippen LogP) is 4.05. The van der Waals surface area contributed by atoms with Crippen molar-refractivity contribution >= 4 is 5.97 Å². The molecule has 0 spiro atoms. The zero-order chi connectivity index (χ0) is 13.9. The second-order valence-corrected chi connectivity index (χ2v) is 6.46. The zero-order valence-electron chi connectivity index (χ0n) is 12.1. The summed E-state index contributed by atoms with van der Waals surface area (Å²) in [7, 11) is 0. The number of carbonyl (C=O) groups is 1. The molecule has 0 aromatic rings. The topological polar surface area (TPSA) is 35.5 Å². The minimum absolute atomic E-state index is 0.125. The molecule has 0 aliphatic carbocycles. The van der Waals surface area contributed by atoms with E-state index in [1.165, 1.54) is 0 Å². The third-order valence-electron chi connectivity index (χ3n) is 2.32. The van der Waals surface area contributed by atoms with Crippen LogP contribution in [0.25, 0.3) is 0 Å². The fraction of sp³-hybridized carbons (Fsp3) is 0.714. The van der Waals surface area contributed by atoms with Crippen molar-refractivity contribution < 1.29 is 14.6 Å². The number of hydrogen-bond acceptors (Lipinski definition) is 3. The highest BCUT2D eigenvalue weighted by atomic mass is 17.2. The van der Waals surface area contributed by atoms with Crippen LogP contribution in [0.2, 0.25) is 0 Å². The molecule has 0 saturated heterocycles. The molecule has 99 valence electrons. The van der Waals surface area contributed by atoms with E-state index in [1.54, 1.807) is 13.8 Å². The molecule has 17 heavy (non-hydrogen) atoms. The Bertz CT molecular complexity index is 282. The Morgan fingerprint density at radius 2 is 1.53 bits per heavy atom. The Morgan fingerprint density at radius 3 is 1.88 bits per heavy atom. The van der Waals surface area contributed by atoms with Crippen molar-refractivity contribution in [1.82, 2.24) is 0 Å². The van der Waals surface area contributed by atoms with Crippen molar-refractivity contribution in [2.45, 2.75) is 54.9 Å². The average molecular weight is 241 g/mol. The molecular formula is C14H25O3. The largest absolute Gasteiger partial charge is 0.369 e. The molecule has 0 N–H and O–H groups in total. The van der Waals surface area contributed by atoms with Gasteiger partial charge in [0.05, 0.1) is 0 Å². The van der Waals surface area contributed by atoms with Gasteiger partial charge in [-0.15, -0.1) is 0 Å². The summed E-state index contributed by atoms with van der Waals surface area (Å²) in [5.41, 5.74) is 0.259. The zero-order valence-corrected chi connectivity index (χ0v) is 12.1. The summed E-state index contributed by atoms with van der Waals surface area (Å²) < 4.78 is 0. The maximum atomic E-state index is 11.7. The summed E-state index contributed by atoms with van der Waals surface area (Å²) in [6, 6.07) is 0. The fourth-order valence-corrected chi connectivity index (χ4v) is 1.88. The first-order valence-electron chi connectivity index (χ1n) is 5.84. The van der Waals surface area contributed by atoms with E-state index >= 15 is 0 Å². The minimum Gasteiger partial charge on any atom is -0.293 e. The molecule has 1 radical (unpaired) electrons. The Balaban J connectivity index is 4.52. The summed E-state index contributed by atoms with van der Waals surface area (Å²) >= 11 is 0. The van der Waals surface area contributed by atoms with Crippen molar-refractivity contribution in [2.24, 2.45) is 10.8 Å². The van der Waals surface area contributed by atoms with Crippen LogP contribution in [0.3, 0.4) is 0 Å². The van der Waals surface area contributed by atoms with Gasteiger partial charge in [-0.3, -0.25) is 4.89 Å². The highest BCUT2D eigenvalue weighted by Crippen LogP contribution is 2.38. The highest BCUT2D eigenvalue weighted by molar-refractivity contribution is 5.88. The summed E-state index contributed by atoms with van der Waals surface area (Å²) in [4.78, 5) is 21.2. The summed E-state index contributed by atoms with van der Waals surface area (Å²) in [6.07, 6.45) is 1.43. The van der Waals surface area contributed by atoms with Crippen LogP contribution in [-0.2, 0) is 14.6 Å². The van der Waals surface area contributed by atoms with Crippen molar-refractivity contribution in [3.63, 3.8) is 0 Å². The normalized spacial score (nSPS) is 12.7. The molecule has 0 aromatic carbocycles. The second-order valence-electron chi connectivity index (χ2n) is 6.46. The Kier molecular flexibility index (Phi) is 5.40. The molecule has 0 heterocycles. The molecule has 0 rings (SSSR count). The lowest BCUT2D eigenvalue weighted by atomic mass is 9.72. The highest BCUT2D eigenvalue weighted by Gasteiger charge is 2.33. The predicted molar refractivity (Wildman–Crippen MR) is 68.8 cm³/mol. The Hall–Kier alpha value is -0.830. The maximum absolute atomic E-state index is 11.7. The van der Waals surface area contributed by atoms with Crippen LogP contribution >= 0.6 is 0 Å². The Morgan fingerprint density at radius 1 is 1.06 bits per heavy atom. The SMILES string of the molecule is C=C(C(=O)OO[C](C)C)C(C)(C)CC(C)(C)C. The quantitative estimate of drug-likeness (QED) is 0.414. The first-order valence-corrected chi connectivity index (χ1v) is 5.84. The molecule has 0 saturated carbocycles. The lowest BCUT2D eigenvalue weighted by Crippen LogP contribution is -2.27. The van der Waals surface area contributed by atoms with Crippen LogP contribution in [0.1, 0.15) is 54.9 Å². The van der Waals surface area contributed by atoms with Gasteiger partial charge in [-0.2, -0.15) is 4.89 Å². The van der Waals surface area contributed by atoms with Gasteiger partial charge in [0.2, 0.25) is 0 Å². The molecule has 0 amide bonds. The molecule has 3 heteroatoms. The van der Waals surface area contributed by atoms with E-state index in [0.717, 1.165) is 6.42 Å². The van der Waals surface area contributed by atoms with Crippen LogP contribution in [0.15, 0.2) is 12.2 Å². The molecule has 0 atom stereocenters. The number of rotatable bonds is 5. The van der Waals surface area contributed by atoms with Crippen LogP contribution in [0.5, 0.6) is 0 Å². The second kappa shape index (κ2) is 5.67. The molecule has 0 bridgehead atoms. The maximum Gasteiger partial charge on any atom is 0.369 e. The van der Waals surface area contributed by atoms with Gasteiger partial charge in [-0.05, 0) is 31.1 Å². The fourth-order valence-electron chi connectivity index (χ4n) is 1.88. The molecule has 0 aliphatic heterocycles. The third-order valence-corrected chi connectivity index (χ3v) is 2.32. The molecule has 0 fully saturated rings. The van der Waals surface area contributed by atoms with Gasteiger partial charge in [0.25, 0.3) is 0 Å². The van der Waals surface area contributed by atoms with Gasteiger partial charge in [0.15, 0.2) is 0 Å². The van der Waals surface area contributed by atoms with Gasteiger partial charge >= 0.3 is 5.97 Å².